The number of hydrogen-bond donors (Lipinski definition) is 2. The number of β-lactam (4-membered cyclic amide) rings is 1. The van der Waals surface area contributed by atoms with E-state index >= 15 is 0 Å². The van der Waals surface area contributed by atoms with Crippen LogP contribution in [-0.4, -0.2) is 61.2 Å². The molecule has 1 aromatic rings. The molecule has 13 heteroatoms. The average molecular weight is 542 g/mol. The molecule has 2 amide bonds. The van der Waals surface area contributed by atoms with Gasteiger partial charge < -0.3 is 30.7 Å². The van der Waals surface area contributed by atoms with Gasteiger partial charge in [-0.2, -0.15) is 0 Å². The third-order valence-corrected chi connectivity index (χ3v) is 10.5. The molecule has 6 aliphatic rings. The number of aromatic nitrogens is 1. The molecule has 0 unspecified atom stereocenters. The number of thiazole rings is 1. The van der Waals surface area contributed by atoms with Crippen molar-refractivity contribution >= 4 is 51.7 Å². The minimum atomic E-state index is -1.30. The van der Waals surface area contributed by atoms with E-state index in [9.17, 15) is 19.5 Å². The molecule has 2 aliphatic heterocycles. The largest absolute Gasteiger partial charge is 1.00 e. The Bertz CT molecular complexity index is 1100. The van der Waals surface area contributed by atoms with Crippen LogP contribution in [0.2, 0.25) is 0 Å². The van der Waals surface area contributed by atoms with Crippen LogP contribution in [0.15, 0.2) is 10.5 Å². The number of carboxylic acids is 1. The molecule has 4 bridgehead atoms. The van der Waals surface area contributed by atoms with Crippen LogP contribution in [0.1, 0.15) is 58.1 Å². The number of carbonyl (C=O) groups is 3. The third kappa shape index (κ3) is 4.26. The molecule has 0 aromatic carbocycles. The third-order valence-electron chi connectivity index (χ3n) is 8.24. The zero-order valence-electron chi connectivity index (χ0n) is 20.6. The number of oxime groups is 1. The van der Waals surface area contributed by atoms with Crippen molar-refractivity contribution in [1.82, 2.24) is 15.2 Å². The number of hydrogen-bond acceptors (Lipinski definition) is 10. The summed E-state index contributed by atoms with van der Waals surface area (Å²) in [5.41, 5.74) is 5.75. The van der Waals surface area contributed by atoms with Crippen molar-refractivity contribution < 1.29 is 53.9 Å². The van der Waals surface area contributed by atoms with Gasteiger partial charge in [0, 0.05) is 10.1 Å². The molecule has 3 N–H and O–H groups in total. The summed E-state index contributed by atoms with van der Waals surface area (Å²) < 4.78 is -0.736. The number of aliphatic carboxylic acids is 1. The molecular formula is C23H28N5NaO5S2. The van der Waals surface area contributed by atoms with E-state index in [-0.39, 0.29) is 40.9 Å². The normalized spacial score (nSPS) is 37.7. The van der Waals surface area contributed by atoms with Gasteiger partial charge in [-0.15, -0.1) is 23.1 Å². The quantitative estimate of drug-likeness (QED) is 0.177. The topological polar surface area (TPSA) is 150 Å². The number of nitrogens with zero attached hydrogens (tertiary/aromatic N) is 3. The predicted molar refractivity (Wildman–Crippen MR) is 128 cm³/mol. The SMILES string of the molecule is CC1(C)S[C@@H]2[C@@H](NC(=O)/C(=N\OC34CC5CC(CC(C5)C3)C4)c3csc(N)n3)C(=O)N2[C@H]1C(=O)[O-].[Na+]. The Hall–Kier alpha value is -1.34. The fraction of sp³-hybridized carbons (Fsp3) is 0.696. The van der Waals surface area contributed by atoms with Crippen LogP contribution < -0.4 is 45.7 Å². The number of carbonyl (C=O) groups excluding carboxylic acids is 3. The number of rotatable bonds is 6. The minimum Gasteiger partial charge on any atom is -0.548 e. The number of nitrogens with two attached hydrogens (primary N) is 1. The van der Waals surface area contributed by atoms with Crippen LogP contribution >= 0.6 is 23.1 Å². The number of fused-ring (bicyclic) bond motifs is 1. The molecule has 3 atom stereocenters. The molecule has 36 heavy (non-hydrogen) atoms. The number of amides is 2. The van der Waals surface area contributed by atoms with Gasteiger partial charge in [0.05, 0.1) is 12.0 Å². The first-order valence-electron chi connectivity index (χ1n) is 12.0. The zero-order valence-corrected chi connectivity index (χ0v) is 24.2. The van der Waals surface area contributed by atoms with Gasteiger partial charge in [0.25, 0.3) is 5.91 Å². The van der Waals surface area contributed by atoms with Crippen molar-refractivity contribution in [3.05, 3.63) is 11.1 Å². The monoisotopic (exact) mass is 541 g/mol. The van der Waals surface area contributed by atoms with Gasteiger partial charge >= 0.3 is 29.6 Å². The number of thioether (sulfide) groups is 1. The van der Waals surface area contributed by atoms with Crippen LogP contribution in [0.25, 0.3) is 0 Å². The van der Waals surface area contributed by atoms with Crippen LogP contribution in [0.3, 0.4) is 0 Å². The zero-order chi connectivity index (χ0) is 24.7. The van der Waals surface area contributed by atoms with E-state index in [1.807, 2.05) is 0 Å². The summed E-state index contributed by atoms with van der Waals surface area (Å²) in [4.78, 5) is 49.6. The van der Waals surface area contributed by atoms with Crippen molar-refractivity contribution in [2.24, 2.45) is 22.9 Å². The number of anilines is 1. The molecule has 4 saturated carbocycles. The molecule has 2 saturated heterocycles. The second kappa shape index (κ2) is 9.14. The Kier molecular flexibility index (Phi) is 6.67. The summed E-state index contributed by atoms with van der Waals surface area (Å²) in [5.74, 6) is -0.375. The van der Waals surface area contributed by atoms with Crippen molar-refractivity contribution in [2.45, 2.75) is 80.2 Å². The van der Waals surface area contributed by atoms with Gasteiger partial charge in [-0.25, -0.2) is 4.98 Å². The molecule has 188 valence electrons. The number of carboxylic acid groups (broad SMARTS) is 1. The molecule has 0 spiro atoms. The second-order valence-corrected chi connectivity index (χ2v) is 13.9. The summed E-state index contributed by atoms with van der Waals surface area (Å²) in [7, 11) is 0. The van der Waals surface area contributed by atoms with E-state index < -0.39 is 40.0 Å². The molecule has 3 heterocycles. The van der Waals surface area contributed by atoms with Crippen LogP contribution in [-0.2, 0) is 19.2 Å². The van der Waals surface area contributed by atoms with Crippen LogP contribution in [0, 0.1) is 17.8 Å². The Morgan fingerprint density at radius 2 is 1.83 bits per heavy atom. The fourth-order valence-electron chi connectivity index (χ4n) is 7.22. The van der Waals surface area contributed by atoms with E-state index in [0.717, 1.165) is 19.3 Å². The van der Waals surface area contributed by atoms with Crippen LogP contribution in [0.5, 0.6) is 0 Å². The number of nitrogen functional groups attached to an aromatic ring is 1. The molecule has 6 fully saturated rings. The van der Waals surface area contributed by atoms with Gasteiger partial charge in [0.15, 0.2) is 10.8 Å². The first-order valence-corrected chi connectivity index (χ1v) is 13.8. The maximum atomic E-state index is 13.4. The molecule has 4 aliphatic carbocycles. The van der Waals surface area contributed by atoms with Crippen molar-refractivity contribution in [3.8, 4) is 0 Å². The second-order valence-electron chi connectivity index (χ2n) is 11.2. The van der Waals surface area contributed by atoms with Crippen LogP contribution in [0.4, 0.5) is 5.13 Å². The standard InChI is InChI=1S/C23H29N5O5S2.Na/c1-22(2)16(20(31)32)28-18(30)15(19(28)35-22)26-17(29)14(13-9-34-21(24)25-13)27-33-23-6-10-3-11(7-23)5-12(4-10)8-23;/h9-12,15-16,19H,3-8H2,1-2H3,(H2,24,25)(H,26,29)(H,31,32);/q;+1/p-1/b27-14-;/t10?,11?,12?,15-,16-,19+,23?;/m0./s1. The Labute approximate surface area is 239 Å². The van der Waals surface area contributed by atoms with Gasteiger partial charge in [-0.3, -0.25) is 9.59 Å². The van der Waals surface area contributed by atoms with Gasteiger partial charge in [0.2, 0.25) is 5.91 Å². The maximum Gasteiger partial charge on any atom is 1.00 e. The summed E-state index contributed by atoms with van der Waals surface area (Å²) in [6.45, 7) is 3.51. The van der Waals surface area contributed by atoms with Crippen molar-refractivity contribution in [3.63, 3.8) is 0 Å². The van der Waals surface area contributed by atoms with E-state index in [1.54, 1.807) is 19.2 Å². The smallest absolute Gasteiger partial charge is 0.548 e. The summed E-state index contributed by atoms with van der Waals surface area (Å²) in [6.07, 6.45) is 6.61. The summed E-state index contributed by atoms with van der Waals surface area (Å²) in [5, 5.41) is 20.2. The molecule has 1 aromatic heterocycles. The molecule has 10 nitrogen and oxygen atoms in total. The first kappa shape index (κ1) is 26.3. The molecular weight excluding hydrogens is 513 g/mol. The molecule has 0 radical (unpaired) electrons. The van der Waals surface area contributed by atoms with Gasteiger partial charge in [-0.05, 0) is 70.1 Å². The summed E-state index contributed by atoms with van der Waals surface area (Å²) >= 11 is 2.53. The Morgan fingerprint density at radius 1 is 1.22 bits per heavy atom. The van der Waals surface area contributed by atoms with Crippen molar-refractivity contribution in [2.75, 3.05) is 5.73 Å². The Morgan fingerprint density at radius 3 is 2.36 bits per heavy atom. The van der Waals surface area contributed by atoms with Crippen molar-refractivity contribution in [1.29, 1.82) is 0 Å². The Balaban J connectivity index is 0.00000267. The van der Waals surface area contributed by atoms with Gasteiger partial charge in [0.1, 0.15) is 22.7 Å². The van der Waals surface area contributed by atoms with E-state index in [0.29, 0.717) is 28.6 Å². The van der Waals surface area contributed by atoms with E-state index in [1.165, 1.54) is 47.3 Å². The first-order chi connectivity index (χ1) is 16.6. The average Bonchev–Trinajstić information content (AvgIpc) is 3.29. The van der Waals surface area contributed by atoms with E-state index in [2.05, 4.69) is 15.5 Å². The predicted octanol–water partition coefficient (Wildman–Crippen LogP) is -2.28. The van der Waals surface area contributed by atoms with E-state index in [4.69, 9.17) is 10.6 Å². The maximum absolute atomic E-state index is 13.4. The summed E-state index contributed by atoms with van der Waals surface area (Å²) in [6, 6.07) is -1.92. The minimum absolute atomic E-state index is 0. The number of nitrogens with one attached hydrogen (secondary N) is 1. The van der Waals surface area contributed by atoms with Gasteiger partial charge in [-0.1, -0.05) is 5.16 Å². The fourth-order valence-corrected chi connectivity index (χ4v) is 9.39. The molecule has 7 rings (SSSR count).